The third-order valence-corrected chi connectivity index (χ3v) is 4.11. The van der Waals surface area contributed by atoms with Gasteiger partial charge in [0.1, 0.15) is 5.75 Å². The highest BCUT2D eigenvalue weighted by atomic mass is 16.4. The van der Waals surface area contributed by atoms with Gasteiger partial charge < -0.3 is 20.8 Å². The van der Waals surface area contributed by atoms with Gasteiger partial charge in [0.2, 0.25) is 5.91 Å². The van der Waals surface area contributed by atoms with Crippen molar-refractivity contribution in [1.82, 2.24) is 5.32 Å². The minimum Gasteiger partial charge on any atom is -0.506 e. The molecule has 2 rings (SSSR count). The number of amides is 2. The molecule has 7 nitrogen and oxygen atoms in total. The average Bonchev–Trinajstić information content (AvgIpc) is 2.61. The Hall–Kier alpha value is -3.35. The fourth-order valence-corrected chi connectivity index (χ4v) is 2.55. The lowest BCUT2D eigenvalue weighted by molar-refractivity contribution is -0.136. The van der Waals surface area contributed by atoms with E-state index in [-0.39, 0.29) is 35.7 Å². The molecule has 0 saturated heterocycles. The predicted molar refractivity (Wildman–Crippen MR) is 106 cm³/mol. The third kappa shape index (κ3) is 5.84. The van der Waals surface area contributed by atoms with E-state index < -0.39 is 11.9 Å². The van der Waals surface area contributed by atoms with Crippen molar-refractivity contribution in [2.24, 2.45) is 0 Å². The van der Waals surface area contributed by atoms with Crippen molar-refractivity contribution in [3.05, 3.63) is 59.2 Å². The SMILES string of the molecule is CC(C)(C)c1ccc(C(=O)NCC(=O)Nc2cc(CC(=O)O)ccc2O)cc1. The van der Waals surface area contributed by atoms with E-state index >= 15 is 0 Å². The first-order valence-electron chi connectivity index (χ1n) is 8.78. The summed E-state index contributed by atoms with van der Waals surface area (Å²) >= 11 is 0. The van der Waals surface area contributed by atoms with Crippen molar-refractivity contribution >= 4 is 23.5 Å². The minimum atomic E-state index is -1.02. The zero-order valence-corrected chi connectivity index (χ0v) is 16.1. The molecule has 148 valence electrons. The topological polar surface area (TPSA) is 116 Å². The third-order valence-electron chi connectivity index (χ3n) is 4.11. The maximum atomic E-state index is 12.2. The molecule has 0 fully saturated rings. The second kappa shape index (κ2) is 8.56. The Balaban J connectivity index is 1.95. The number of hydrogen-bond acceptors (Lipinski definition) is 4. The zero-order chi connectivity index (χ0) is 20.9. The summed E-state index contributed by atoms with van der Waals surface area (Å²) in [6.07, 6.45) is -0.232. The molecule has 0 unspecified atom stereocenters. The summed E-state index contributed by atoms with van der Waals surface area (Å²) in [5, 5.41) is 23.6. The molecule has 0 saturated carbocycles. The lowest BCUT2D eigenvalue weighted by Gasteiger charge is -2.19. The van der Waals surface area contributed by atoms with Gasteiger partial charge in [-0.3, -0.25) is 14.4 Å². The van der Waals surface area contributed by atoms with E-state index in [4.69, 9.17) is 5.11 Å². The van der Waals surface area contributed by atoms with Crippen LogP contribution in [0.5, 0.6) is 5.75 Å². The van der Waals surface area contributed by atoms with Crippen LogP contribution < -0.4 is 10.6 Å². The van der Waals surface area contributed by atoms with E-state index in [0.29, 0.717) is 11.1 Å². The van der Waals surface area contributed by atoms with Crippen molar-refractivity contribution in [2.75, 3.05) is 11.9 Å². The summed E-state index contributed by atoms with van der Waals surface area (Å²) in [6.45, 7) is 5.94. The number of anilines is 1. The lowest BCUT2D eigenvalue weighted by Crippen LogP contribution is -2.32. The van der Waals surface area contributed by atoms with Gasteiger partial charge in [-0.25, -0.2) is 0 Å². The molecule has 0 aliphatic heterocycles. The summed E-state index contributed by atoms with van der Waals surface area (Å²) in [7, 11) is 0. The summed E-state index contributed by atoms with van der Waals surface area (Å²) in [4.78, 5) is 35.0. The maximum Gasteiger partial charge on any atom is 0.307 e. The maximum absolute atomic E-state index is 12.2. The quantitative estimate of drug-likeness (QED) is 0.572. The van der Waals surface area contributed by atoms with Crippen LogP contribution in [0.2, 0.25) is 0 Å². The predicted octanol–water partition coefficient (Wildman–Crippen LogP) is 2.69. The van der Waals surface area contributed by atoms with Crippen LogP contribution in [0.25, 0.3) is 0 Å². The molecule has 0 spiro atoms. The Bertz CT molecular complexity index is 883. The molecule has 0 aliphatic carbocycles. The molecule has 2 aromatic rings. The second-order valence-corrected chi connectivity index (χ2v) is 7.48. The van der Waals surface area contributed by atoms with Crippen LogP contribution in [0.15, 0.2) is 42.5 Å². The molecule has 2 amide bonds. The van der Waals surface area contributed by atoms with Crippen LogP contribution in [0, 0.1) is 0 Å². The number of benzene rings is 2. The van der Waals surface area contributed by atoms with E-state index in [2.05, 4.69) is 31.4 Å². The van der Waals surface area contributed by atoms with Gasteiger partial charge in [0, 0.05) is 5.56 Å². The Labute approximate surface area is 163 Å². The molecule has 0 bridgehead atoms. The van der Waals surface area contributed by atoms with Crippen LogP contribution >= 0.6 is 0 Å². The molecule has 4 N–H and O–H groups in total. The number of phenols is 1. The number of carboxylic acids is 1. The second-order valence-electron chi connectivity index (χ2n) is 7.48. The number of rotatable bonds is 6. The molecular formula is C21H24N2O5. The van der Waals surface area contributed by atoms with Crippen molar-refractivity contribution in [3.8, 4) is 5.75 Å². The first-order chi connectivity index (χ1) is 13.1. The number of carbonyl (C=O) groups excluding carboxylic acids is 2. The summed E-state index contributed by atoms with van der Waals surface area (Å²) < 4.78 is 0. The van der Waals surface area contributed by atoms with Gasteiger partial charge >= 0.3 is 5.97 Å². The Morgan fingerprint density at radius 2 is 1.64 bits per heavy atom. The van der Waals surface area contributed by atoms with Gasteiger partial charge in [0.25, 0.3) is 5.91 Å². The fraction of sp³-hybridized carbons (Fsp3) is 0.286. The number of carbonyl (C=O) groups is 3. The van der Waals surface area contributed by atoms with E-state index in [1.165, 1.54) is 18.2 Å². The summed E-state index contributed by atoms with van der Waals surface area (Å²) in [5.41, 5.74) is 2.04. The monoisotopic (exact) mass is 384 g/mol. The van der Waals surface area contributed by atoms with Crippen LogP contribution in [0.1, 0.15) is 42.3 Å². The Morgan fingerprint density at radius 1 is 1.00 bits per heavy atom. The molecule has 7 heteroatoms. The van der Waals surface area contributed by atoms with E-state index in [1.54, 1.807) is 12.1 Å². The molecule has 0 radical (unpaired) electrons. The number of aromatic hydroxyl groups is 1. The highest BCUT2D eigenvalue weighted by Gasteiger charge is 2.15. The number of aliphatic carboxylic acids is 1. The lowest BCUT2D eigenvalue weighted by atomic mass is 9.87. The molecule has 0 atom stereocenters. The molecule has 0 aromatic heterocycles. The zero-order valence-electron chi connectivity index (χ0n) is 16.1. The Morgan fingerprint density at radius 3 is 2.21 bits per heavy atom. The van der Waals surface area contributed by atoms with E-state index in [0.717, 1.165) is 5.56 Å². The standard InChI is InChI=1S/C21H24N2O5/c1-21(2,3)15-7-5-14(6-8-15)20(28)22-12-18(25)23-16-10-13(11-19(26)27)4-9-17(16)24/h4-10,24H,11-12H2,1-3H3,(H,22,28)(H,23,25)(H,26,27). The fourth-order valence-electron chi connectivity index (χ4n) is 2.55. The van der Waals surface area contributed by atoms with Crippen molar-refractivity contribution in [2.45, 2.75) is 32.6 Å². The first kappa shape index (κ1) is 21.0. The van der Waals surface area contributed by atoms with Gasteiger partial charge in [-0.2, -0.15) is 0 Å². The van der Waals surface area contributed by atoms with Crippen LogP contribution in [-0.4, -0.2) is 34.5 Å². The molecule has 2 aromatic carbocycles. The van der Waals surface area contributed by atoms with Crippen molar-refractivity contribution < 1.29 is 24.6 Å². The summed E-state index contributed by atoms with van der Waals surface area (Å²) in [6, 6.07) is 11.3. The van der Waals surface area contributed by atoms with E-state index in [1.807, 2.05) is 12.1 Å². The van der Waals surface area contributed by atoms with Gasteiger partial charge in [-0.1, -0.05) is 39.0 Å². The molecule has 28 heavy (non-hydrogen) atoms. The van der Waals surface area contributed by atoms with Crippen LogP contribution in [0.4, 0.5) is 5.69 Å². The minimum absolute atomic E-state index is 0.0218. The highest BCUT2D eigenvalue weighted by molar-refractivity contribution is 5.99. The number of phenolic OH excluding ortho intramolecular Hbond substituents is 1. The van der Waals surface area contributed by atoms with Gasteiger partial charge in [0.15, 0.2) is 0 Å². The largest absolute Gasteiger partial charge is 0.506 e. The van der Waals surface area contributed by atoms with Crippen LogP contribution in [0.3, 0.4) is 0 Å². The number of carboxylic acid groups (broad SMARTS) is 1. The highest BCUT2D eigenvalue weighted by Crippen LogP contribution is 2.24. The normalized spacial score (nSPS) is 11.0. The summed E-state index contributed by atoms with van der Waals surface area (Å²) in [5.74, 6) is -2.14. The van der Waals surface area contributed by atoms with Gasteiger partial charge in [-0.05, 0) is 40.8 Å². The number of hydrogen-bond donors (Lipinski definition) is 4. The number of nitrogens with one attached hydrogen (secondary N) is 2. The van der Waals surface area contributed by atoms with Gasteiger partial charge in [-0.15, -0.1) is 0 Å². The molecule has 0 heterocycles. The van der Waals surface area contributed by atoms with E-state index in [9.17, 15) is 19.5 Å². The average molecular weight is 384 g/mol. The van der Waals surface area contributed by atoms with Gasteiger partial charge in [0.05, 0.1) is 18.7 Å². The molecular weight excluding hydrogens is 360 g/mol. The van der Waals surface area contributed by atoms with Crippen molar-refractivity contribution in [3.63, 3.8) is 0 Å². The van der Waals surface area contributed by atoms with Crippen molar-refractivity contribution in [1.29, 1.82) is 0 Å². The molecule has 0 aliphatic rings. The Kier molecular flexibility index (Phi) is 6.41. The first-order valence-corrected chi connectivity index (χ1v) is 8.78. The van der Waals surface area contributed by atoms with Crippen LogP contribution in [-0.2, 0) is 21.4 Å². The smallest absolute Gasteiger partial charge is 0.307 e.